The van der Waals surface area contributed by atoms with Crippen LogP contribution in [-0.4, -0.2) is 11.5 Å². The van der Waals surface area contributed by atoms with E-state index >= 15 is 0 Å². The Morgan fingerprint density at radius 2 is 2.29 bits per heavy atom. The van der Waals surface area contributed by atoms with Crippen LogP contribution in [0.15, 0.2) is 29.4 Å². The molecule has 1 rings (SSSR count). The van der Waals surface area contributed by atoms with Crippen molar-refractivity contribution in [3.8, 4) is 0 Å². The van der Waals surface area contributed by atoms with E-state index in [2.05, 4.69) is 10.0 Å². The molecule has 88 valence electrons. The smallest absolute Gasteiger partial charge is 0.258 e. The van der Waals surface area contributed by atoms with Gasteiger partial charge in [0.25, 0.3) is 5.69 Å². The molecule has 0 aliphatic heterocycles. The van der Waals surface area contributed by atoms with Gasteiger partial charge in [-0.05, 0) is 23.6 Å². The van der Waals surface area contributed by atoms with E-state index in [1.54, 1.807) is 12.2 Å². The van der Waals surface area contributed by atoms with Crippen molar-refractivity contribution >= 4 is 11.8 Å². The van der Waals surface area contributed by atoms with Crippen LogP contribution in [-0.2, 0) is 0 Å². The van der Waals surface area contributed by atoms with Gasteiger partial charge in [0.05, 0.1) is 11.0 Å². The standard InChI is InChI=1S/C10H9FN4O2/c11-9-5-8(3-1-2-4-13-14-12)6-10(7-9)15(16)17/h1,3,5-7H,2,4H2. The molecule has 0 fully saturated rings. The van der Waals surface area contributed by atoms with E-state index in [0.717, 1.165) is 6.07 Å². The van der Waals surface area contributed by atoms with Gasteiger partial charge in [-0.15, -0.1) is 0 Å². The number of nitrogens with zero attached hydrogens (tertiary/aromatic N) is 4. The van der Waals surface area contributed by atoms with Gasteiger partial charge in [0.1, 0.15) is 5.82 Å². The zero-order valence-corrected chi connectivity index (χ0v) is 8.78. The molecule has 7 heteroatoms. The van der Waals surface area contributed by atoms with Crippen LogP contribution in [0.1, 0.15) is 12.0 Å². The van der Waals surface area contributed by atoms with Gasteiger partial charge in [0.15, 0.2) is 0 Å². The fourth-order valence-corrected chi connectivity index (χ4v) is 1.19. The predicted octanol–water partition coefficient (Wildman–Crippen LogP) is 3.45. The lowest BCUT2D eigenvalue weighted by molar-refractivity contribution is -0.385. The Kier molecular flexibility index (Phi) is 4.65. The van der Waals surface area contributed by atoms with E-state index in [1.165, 1.54) is 12.1 Å². The molecular weight excluding hydrogens is 227 g/mol. The van der Waals surface area contributed by atoms with E-state index in [9.17, 15) is 14.5 Å². The molecule has 0 aliphatic rings. The third-order valence-corrected chi connectivity index (χ3v) is 1.89. The van der Waals surface area contributed by atoms with Crippen LogP contribution in [0.25, 0.3) is 16.5 Å². The first-order valence-corrected chi connectivity index (χ1v) is 4.76. The molecule has 0 aliphatic carbocycles. The number of nitro groups is 1. The molecular formula is C10H9FN4O2. The van der Waals surface area contributed by atoms with Gasteiger partial charge in [-0.2, -0.15) is 0 Å². The predicted molar refractivity (Wildman–Crippen MR) is 60.7 cm³/mol. The zero-order valence-electron chi connectivity index (χ0n) is 8.78. The summed E-state index contributed by atoms with van der Waals surface area (Å²) in [5.41, 5.74) is 8.13. The van der Waals surface area contributed by atoms with Crippen molar-refractivity contribution in [1.82, 2.24) is 0 Å². The average molecular weight is 236 g/mol. The highest BCUT2D eigenvalue weighted by Crippen LogP contribution is 2.17. The van der Waals surface area contributed by atoms with Crippen LogP contribution in [0.4, 0.5) is 10.1 Å². The van der Waals surface area contributed by atoms with Crippen LogP contribution in [0, 0.1) is 15.9 Å². The van der Waals surface area contributed by atoms with Crippen molar-refractivity contribution in [2.24, 2.45) is 5.11 Å². The lowest BCUT2D eigenvalue weighted by atomic mass is 10.1. The van der Waals surface area contributed by atoms with Gasteiger partial charge < -0.3 is 0 Å². The van der Waals surface area contributed by atoms with Gasteiger partial charge in [-0.25, -0.2) is 4.39 Å². The molecule has 6 nitrogen and oxygen atoms in total. The molecule has 0 unspecified atom stereocenters. The van der Waals surface area contributed by atoms with Gasteiger partial charge in [0, 0.05) is 17.5 Å². The Bertz CT molecular complexity index is 495. The number of nitro benzene ring substituents is 1. The third-order valence-electron chi connectivity index (χ3n) is 1.89. The van der Waals surface area contributed by atoms with Crippen LogP contribution < -0.4 is 0 Å². The average Bonchev–Trinajstić information content (AvgIpc) is 2.28. The van der Waals surface area contributed by atoms with Crippen LogP contribution in [0.5, 0.6) is 0 Å². The number of non-ortho nitro benzene ring substituents is 1. The van der Waals surface area contributed by atoms with Crippen molar-refractivity contribution in [2.75, 3.05) is 6.54 Å². The van der Waals surface area contributed by atoms with Crippen LogP contribution in [0.3, 0.4) is 0 Å². The summed E-state index contributed by atoms with van der Waals surface area (Å²) in [5.74, 6) is -0.658. The molecule has 17 heavy (non-hydrogen) atoms. The fourth-order valence-electron chi connectivity index (χ4n) is 1.19. The summed E-state index contributed by atoms with van der Waals surface area (Å²) in [6.07, 6.45) is 3.70. The van der Waals surface area contributed by atoms with Gasteiger partial charge in [-0.3, -0.25) is 10.1 Å². The summed E-state index contributed by atoms with van der Waals surface area (Å²) in [7, 11) is 0. The minimum atomic E-state index is -0.658. The number of rotatable bonds is 5. The quantitative estimate of drug-likeness (QED) is 0.195. The Hall–Kier alpha value is -2.40. The Morgan fingerprint density at radius 1 is 1.53 bits per heavy atom. The fraction of sp³-hybridized carbons (Fsp3) is 0.200. The molecule has 0 atom stereocenters. The SMILES string of the molecule is [N-]=[N+]=NCCC=Cc1cc(F)cc([N+](=O)[O-])c1. The van der Waals surface area contributed by atoms with E-state index < -0.39 is 10.7 Å². The lowest BCUT2D eigenvalue weighted by Gasteiger charge is -1.95. The van der Waals surface area contributed by atoms with Crippen LogP contribution in [0.2, 0.25) is 0 Å². The summed E-state index contributed by atoms with van der Waals surface area (Å²) in [6.45, 7) is 0.296. The van der Waals surface area contributed by atoms with E-state index in [0.29, 0.717) is 18.5 Å². The molecule has 0 heterocycles. The minimum Gasteiger partial charge on any atom is -0.258 e. The highest BCUT2D eigenvalue weighted by atomic mass is 19.1. The molecule has 0 radical (unpaired) electrons. The van der Waals surface area contributed by atoms with Crippen molar-refractivity contribution in [1.29, 1.82) is 0 Å². The molecule has 1 aromatic rings. The number of halogens is 1. The van der Waals surface area contributed by atoms with Gasteiger partial charge in [-0.1, -0.05) is 17.3 Å². The lowest BCUT2D eigenvalue weighted by Crippen LogP contribution is -1.90. The second-order valence-corrected chi connectivity index (χ2v) is 3.15. The molecule has 0 aromatic heterocycles. The van der Waals surface area contributed by atoms with Gasteiger partial charge >= 0.3 is 0 Å². The van der Waals surface area contributed by atoms with Crippen molar-refractivity contribution in [3.63, 3.8) is 0 Å². The Labute approximate surface area is 96.2 Å². The van der Waals surface area contributed by atoms with Crippen LogP contribution >= 0.6 is 0 Å². The monoisotopic (exact) mass is 236 g/mol. The van der Waals surface area contributed by atoms with Crippen molar-refractivity contribution in [2.45, 2.75) is 6.42 Å². The first-order valence-electron chi connectivity index (χ1n) is 4.76. The maximum atomic E-state index is 13.0. The highest BCUT2D eigenvalue weighted by molar-refractivity contribution is 5.53. The molecule has 0 saturated heterocycles. The zero-order chi connectivity index (χ0) is 12.7. The molecule has 0 N–H and O–H groups in total. The second-order valence-electron chi connectivity index (χ2n) is 3.15. The number of hydrogen-bond acceptors (Lipinski definition) is 3. The number of hydrogen-bond donors (Lipinski definition) is 0. The summed E-state index contributed by atoms with van der Waals surface area (Å²) in [4.78, 5) is 12.4. The Morgan fingerprint density at radius 3 is 2.94 bits per heavy atom. The molecule has 0 bridgehead atoms. The maximum absolute atomic E-state index is 13.0. The topological polar surface area (TPSA) is 91.9 Å². The summed E-state index contributed by atoms with van der Waals surface area (Å²) < 4.78 is 13.0. The van der Waals surface area contributed by atoms with Gasteiger partial charge in [0.2, 0.25) is 0 Å². The molecule has 1 aromatic carbocycles. The maximum Gasteiger partial charge on any atom is 0.272 e. The summed E-state index contributed by atoms with van der Waals surface area (Å²) in [5, 5.41) is 13.8. The van der Waals surface area contributed by atoms with Crippen molar-refractivity contribution in [3.05, 3.63) is 56.2 Å². The first kappa shape index (κ1) is 12.7. The highest BCUT2D eigenvalue weighted by Gasteiger charge is 2.07. The largest absolute Gasteiger partial charge is 0.272 e. The van der Waals surface area contributed by atoms with E-state index in [4.69, 9.17) is 5.53 Å². The van der Waals surface area contributed by atoms with E-state index in [-0.39, 0.29) is 5.69 Å². The molecule has 0 amide bonds. The van der Waals surface area contributed by atoms with E-state index in [1.807, 2.05) is 0 Å². The minimum absolute atomic E-state index is 0.292. The second kappa shape index (κ2) is 6.24. The normalized spacial score (nSPS) is 10.2. The van der Waals surface area contributed by atoms with Crippen molar-refractivity contribution < 1.29 is 9.31 Å². The molecule has 0 saturated carbocycles. The summed E-state index contributed by atoms with van der Waals surface area (Å²) >= 11 is 0. The first-order chi connectivity index (χ1) is 8.13. The Balaban J connectivity index is 2.77. The summed E-state index contributed by atoms with van der Waals surface area (Å²) in [6, 6.07) is 3.32. The third kappa shape index (κ3) is 4.31. The number of azide groups is 1. The molecule has 0 spiro atoms. The number of benzene rings is 1.